The van der Waals surface area contributed by atoms with Crippen LogP contribution in [0.1, 0.15) is 24.1 Å². The Morgan fingerprint density at radius 3 is 3.00 bits per heavy atom. The third-order valence-corrected chi connectivity index (χ3v) is 4.59. The predicted octanol–water partition coefficient (Wildman–Crippen LogP) is 3.15. The van der Waals surface area contributed by atoms with Crippen molar-refractivity contribution in [3.05, 3.63) is 27.4 Å². The molecule has 0 spiro atoms. The Labute approximate surface area is 137 Å². The fourth-order valence-electron chi connectivity index (χ4n) is 2.78. The number of halogens is 2. The summed E-state index contributed by atoms with van der Waals surface area (Å²) in [5.74, 6) is 0.529. The van der Waals surface area contributed by atoms with Crippen molar-refractivity contribution in [1.29, 1.82) is 5.26 Å². The third-order valence-electron chi connectivity index (χ3n) is 3.80. The van der Waals surface area contributed by atoms with E-state index >= 15 is 0 Å². The van der Waals surface area contributed by atoms with Gasteiger partial charge in [0.25, 0.3) is 0 Å². The van der Waals surface area contributed by atoms with Gasteiger partial charge in [-0.25, -0.2) is 0 Å². The van der Waals surface area contributed by atoms with Crippen LogP contribution < -0.4 is 10.1 Å². The number of benzene rings is 1. The Balaban J connectivity index is 2.30. The largest absolute Gasteiger partial charge is 0.478 e. The monoisotopic (exact) mass is 337 g/mol. The fourth-order valence-corrected chi connectivity index (χ4v) is 3.17. The lowest BCUT2D eigenvalue weighted by molar-refractivity contribution is -0.120. The second kappa shape index (κ2) is 5.71. The molecule has 1 atom stereocenters. The summed E-state index contributed by atoms with van der Waals surface area (Å²) >= 11 is 12.4. The van der Waals surface area contributed by atoms with E-state index in [4.69, 9.17) is 33.2 Å². The van der Waals surface area contributed by atoms with Gasteiger partial charge in [0.2, 0.25) is 5.91 Å². The highest BCUT2D eigenvalue weighted by atomic mass is 35.5. The molecule has 22 heavy (non-hydrogen) atoms. The van der Waals surface area contributed by atoms with Crippen LogP contribution in [0, 0.1) is 11.3 Å². The second-order valence-electron chi connectivity index (χ2n) is 5.27. The van der Waals surface area contributed by atoms with E-state index < -0.39 is 0 Å². The molecule has 1 aromatic carbocycles. The number of hydrogen-bond acceptors (Lipinski definition) is 3. The van der Waals surface area contributed by atoms with Crippen LogP contribution in [0.15, 0.2) is 6.07 Å². The van der Waals surface area contributed by atoms with Gasteiger partial charge in [-0.15, -0.1) is 0 Å². The molecule has 2 heterocycles. The lowest BCUT2D eigenvalue weighted by Crippen LogP contribution is -2.25. The van der Waals surface area contributed by atoms with E-state index in [0.717, 1.165) is 16.6 Å². The average molecular weight is 338 g/mol. The van der Waals surface area contributed by atoms with Gasteiger partial charge in [0.1, 0.15) is 11.8 Å². The number of amides is 1. The van der Waals surface area contributed by atoms with E-state index in [-0.39, 0.29) is 24.9 Å². The highest BCUT2D eigenvalue weighted by Crippen LogP contribution is 2.42. The number of rotatable bonds is 2. The normalized spacial score (nSPS) is 17.5. The first kappa shape index (κ1) is 15.0. The smallest absolute Gasteiger partial charge is 0.224 e. The highest BCUT2D eigenvalue weighted by molar-refractivity contribution is 6.45. The van der Waals surface area contributed by atoms with Crippen molar-refractivity contribution in [2.45, 2.75) is 19.3 Å². The molecule has 5 nitrogen and oxygen atoms in total. The van der Waals surface area contributed by atoms with Gasteiger partial charge in [-0.1, -0.05) is 30.1 Å². The molecule has 2 aromatic rings. The Morgan fingerprint density at radius 1 is 1.50 bits per heavy atom. The first-order valence-electron chi connectivity index (χ1n) is 6.81. The van der Waals surface area contributed by atoms with Crippen molar-refractivity contribution >= 4 is 40.0 Å². The Morgan fingerprint density at radius 2 is 2.27 bits per heavy atom. The predicted molar refractivity (Wildman–Crippen MR) is 84.6 cm³/mol. The van der Waals surface area contributed by atoms with Crippen LogP contribution in [-0.4, -0.2) is 24.0 Å². The fraction of sp³-hybridized carbons (Fsp3) is 0.333. The first-order valence-corrected chi connectivity index (χ1v) is 7.57. The lowest BCUT2D eigenvalue weighted by atomic mass is 10.0. The molecule has 3 rings (SSSR count). The van der Waals surface area contributed by atoms with Crippen LogP contribution in [0.2, 0.25) is 10.0 Å². The van der Waals surface area contributed by atoms with Gasteiger partial charge in [0.05, 0.1) is 22.0 Å². The Bertz CT molecular complexity index is 807. The Kier molecular flexibility index (Phi) is 3.90. The third kappa shape index (κ3) is 2.39. The van der Waals surface area contributed by atoms with Crippen LogP contribution in [0.3, 0.4) is 0 Å². The van der Waals surface area contributed by atoms with Crippen LogP contribution in [-0.2, 0) is 11.2 Å². The summed E-state index contributed by atoms with van der Waals surface area (Å²) in [6, 6.07) is 3.52. The minimum absolute atomic E-state index is 0.0520. The molecular formula is C15H13Cl2N3O2. The van der Waals surface area contributed by atoms with Crippen molar-refractivity contribution < 1.29 is 9.53 Å². The maximum atomic E-state index is 11.9. The molecule has 114 valence electrons. The van der Waals surface area contributed by atoms with Gasteiger partial charge < -0.3 is 15.0 Å². The zero-order valence-corrected chi connectivity index (χ0v) is 13.3. The standard InChI is InChI=1S/C15H13Cl2N3O2/c1-7-6-19-11(21)4-8-12-10(22-3-2-18)5-9(16)13(17)15(12)20-14(7)8/h5,7,20H,3-4,6H2,1H3,(H,19,21)/t7-/m1/s1. The molecule has 1 amide bonds. The summed E-state index contributed by atoms with van der Waals surface area (Å²) in [7, 11) is 0. The van der Waals surface area contributed by atoms with Crippen molar-refractivity contribution in [1.82, 2.24) is 10.3 Å². The maximum absolute atomic E-state index is 11.9. The topological polar surface area (TPSA) is 77.9 Å². The number of nitrogens with one attached hydrogen (secondary N) is 2. The Hall–Kier alpha value is -1.90. The van der Waals surface area contributed by atoms with Gasteiger partial charge in [-0.2, -0.15) is 5.26 Å². The lowest BCUT2D eigenvalue weighted by Gasteiger charge is -2.08. The molecule has 0 fully saturated rings. The van der Waals surface area contributed by atoms with Gasteiger partial charge >= 0.3 is 0 Å². The van der Waals surface area contributed by atoms with E-state index in [2.05, 4.69) is 10.3 Å². The van der Waals surface area contributed by atoms with E-state index in [9.17, 15) is 4.79 Å². The van der Waals surface area contributed by atoms with Crippen LogP contribution >= 0.6 is 23.2 Å². The van der Waals surface area contributed by atoms with Crippen molar-refractivity contribution in [2.75, 3.05) is 13.2 Å². The molecule has 0 aliphatic carbocycles. The average Bonchev–Trinajstić information content (AvgIpc) is 2.80. The number of aromatic amines is 1. The van der Waals surface area contributed by atoms with Crippen LogP contribution in [0.5, 0.6) is 5.75 Å². The summed E-state index contributed by atoms with van der Waals surface area (Å²) in [5.41, 5.74) is 2.44. The number of H-pyrrole nitrogens is 1. The number of carbonyl (C=O) groups excluding carboxylic acids is 1. The summed E-state index contributed by atoms with van der Waals surface area (Å²) in [4.78, 5) is 15.2. The summed E-state index contributed by atoms with van der Waals surface area (Å²) < 4.78 is 5.48. The minimum atomic E-state index is -0.102. The van der Waals surface area contributed by atoms with Gasteiger partial charge in [-0.3, -0.25) is 4.79 Å². The molecular weight excluding hydrogens is 325 g/mol. The molecule has 0 radical (unpaired) electrons. The number of nitrogens with zero attached hydrogens (tertiary/aromatic N) is 1. The van der Waals surface area contributed by atoms with Crippen molar-refractivity contribution in [3.8, 4) is 11.8 Å². The molecule has 7 heteroatoms. The summed E-state index contributed by atoms with van der Waals surface area (Å²) in [6.45, 7) is 2.47. The molecule has 1 aliphatic heterocycles. The van der Waals surface area contributed by atoms with Gasteiger partial charge in [-0.05, 0) is 5.56 Å². The number of aromatic nitrogens is 1. The van der Waals surface area contributed by atoms with Crippen LogP contribution in [0.4, 0.5) is 0 Å². The SMILES string of the molecule is C[C@@H]1CNC(=O)Cc2c1[nH]c1c(Cl)c(Cl)cc(OCC#N)c21. The number of carbonyl (C=O) groups is 1. The van der Waals surface area contributed by atoms with Gasteiger partial charge in [0, 0.05) is 29.6 Å². The first-order chi connectivity index (χ1) is 10.5. The second-order valence-corrected chi connectivity index (χ2v) is 6.05. The zero-order valence-electron chi connectivity index (χ0n) is 11.8. The highest BCUT2D eigenvalue weighted by Gasteiger charge is 2.26. The van der Waals surface area contributed by atoms with E-state index in [1.54, 1.807) is 6.07 Å². The van der Waals surface area contributed by atoms with Gasteiger partial charge in [0.15, 0.2) is 6.61 Å². The molecule has 0 bridgehead atoms. The molecule has 2 N–H and O–H groups in total. The van der Waals surface area contributed by atoms with E-state index in [0.29, 0.717) is 27.9 Å². The molecule has 1 aliphatic rings. The van der Waals surface area contributed by atoms with Crippen molar-refractivity contribution in [2.24, 2.45) is 0 Å². The molecule has 0 unspecified atom stereocenters. The zero-order chi connectivity index (χ0) is 15.9. The minimum Gasteiger partial charge on any atom is -0.478 e. The number of hydrogen-bond donors (Lipinski definition) is 2. The molecule has 0 saturated heterocycles. The van der Waals surface area contributed by atoms with E-state index in [1.807, 2.05) is 13.0 Å². The summed E-state index contributed by atoms with van der Waals surface area (Å²) in [6.07, 6.45) is 0.237. The van der Waals surface area contributed by atoms with Crippen molar-refractivity contribution in [3.63, 3.8) is 0 Å². The number of ether oxygens (including phenoxy) is 1. The number of nitriles is 1. The summed E-state index contributed by atoms with van der Waals surface area (Å²) in [5, 5.41) is 13.1. The quantitative estimate of drug-likeness (QED) is 0.883. The maximum Gasteiger partial charge on any atom is 0.224 e. The van der Waals surface area contributed by atoms with Crippen LogP contribution in [0.25, 0.3) is 10.9 Å². The van der Waals surface area contributed by atoms with E-state index in [1.165, 1.54) is 0 Å². The molecule has 1 aromatic heterocycles. The molecule has 0 saturated carbocycles. The number of fused-ring (bicyclic) bond motifs is 3.